The summed E-state index contributed by atoms with van der Waals surface area (Å²) in [6.45, 7) is 0. The van der Waals surface area contributed by atoms with E-state index >= 15 is 0 Å². The first kappa shape index (κ1) is 10.7. The van der Waals surface area contributed by atoms with Gasteiger partial charge in [0, 0.05) is 18.7 Å². The fraction of sp³-hybridized carbons (Fsp3) is 0.333. The average molecular weight is 231 g/mol. The molecule has 1 aliphatic rings. The maximum Gasteiger partial charge on any atom is 0.432 e. The predicted octanol–water partition coefficient (Wildman–Crippen LogP) is 1.72. The molecule has 0 aromatic carbocycles. The van der Waals surface area contributed by atoms with E-state index in [1.54, 1.807) is 12.2 Å². The molecule has 2 rings (SSSR count). The minimum atomic E-state index is -4.54. The number of aromatic nitrogens is 2. The summed E-state index contributed by atoms with van der Waals surface area (Å²) in [6, 6.07) is 0.536. The number of aromatic amines is 1. The standard InChI is InChI=1S/C9H8F3N3O/c10-9(11,12)6-5-8(16)15(14-6)7-3-1-2-4-13-7/h1-2,4-5,7,14H,3H2. The third kappa shape index (κ3) is 1.93. The summed E-state index contributed by atoms with van der Waals surface area (Å²) in [7, 11) is 0. The largest absolute Gasteiger partial charge is 0.432 e. The van der Waals surface area contributed by atoms with Crippen LogP contribution in [0, 0.1) is 0 Å². The van der Waals surface area contributed by atoms with Gasteiger partial charge < -0.3 is 0 Å². The summed E-state index contributed by atoms with van der Waals surface area (Å²) in [4.78, 5) is 15.2. The van der Waals surface area contributed by atoms with Crippen molar-refractivity contribution in [1.82, 2.24) is 9.78 Å². The summed E-state index contributed by atoms with van der Waals surface area (Å²) in [5.41, 5.74) is -1.79. The van der Waals surface area contributed by atoms with E-state index in [0.717, 1.165) is 4.68 Å². The molecule has 4 nitrogen and oxygen atoms in total. The lowest BCUT2D eigenvalue weighted by Gasteiger charge is -2.13. The van der Waals surface area contributed by atoms with Gasteiger partial charge in [0.1, 0.15) is 11.9 Å². The number of nitrogens with one attached hydrogen (secondary N) is 1. The van der Waals surface area contributed by atoms with Crippen molar-refractivity contribution in [2.24, 2.45) is 4.99 Å². The molecule has 1 aromatic heterocycles. The number of allylic oxidation sites excluding steroid dienone is 1. The normalized spacial score (nSPS) is 20.3. The molecule has 7 heteroatoms. The monoisotopic (exact) mass is 231 g/mol. The zero-order chi connectivity index (χ0) is 11.8. The second-order valence-corrected chi connectivity index (χ2v) is 3.32. The number of halogens is 3. The van der Waals surface area contributed by atoms with Gasteiger partial charge >= 0.3 is 6.18 Å². The van der Waals surface area contributed by atoms with Crippen molar-refractivity contribution in [2.45, 2.75) is 18.8 Å². The SMILES string of the molecule is O=c1cc(C(F)(F)F)[nH]n1C1CC=CC=N1. The van der Waals surface area contributed by atoms with Gasteiger partial charge in [-0.15, -0.1) is 0 Å². The first-order chi connectivity index (χ1) is 7.48. The van der Waals surface area contributed by atoms with E-state index in [9.17, 15) is 18.0 Å². The molecule has 1 N–H and O–H groups in total. The molecule has 0 amide bonds. The summed E-state index contributed by atoms with van der Waals surface area (Å²) in [5.74, 6) is 0. The van der Waals surface area contributed by atoms with Crippen molar-refractivity contribution in [3.63, 3.8) is 0 Å². The Morgan fingerprint density at radius 1 is 1.50 bits per heavy atom. The van der Waals surface area contributed by atoms with Crippen molar-refractivity contribution >= 4 is 6.21 Å². The molecule has 0 spiro atoms. The predicted molar refractivity (Wildman–Crippen MR) is 51.3 cm³/mol. The Morgan fingerprint density at radius 2 is 2.25 bits per heavy atom. The van der Waals surface area contributed by atoms with Crippen LogP contribution >= 0.6 is 0 Å². The lowest BCUT2D eigenvalue weighted by atomic mass is 10.3. The molecule has 1 unspecified atom stereocenters. The lowest BCUT2D eigenvalue weighted by molar-refractivity contribution is -0.141. The van der Waals surface area contributed by atoms with Crippen molar-refractivity contribution in [2.75, 3.05) is 0 Å². The molecule has 0 bridgehead atoms. The Morgan fingerprint density at radius 3 is 2.75 bits per heavy atom. The van der Waals surface area contributed by atoms with Crippen LogP contribution in [-0.2, 0) is 6.18 Å². The van der Waals surface area contributed by atoms with Crippen molar-refractivity contribution in [3.8, 4) is 0 Å². The van der Waals surface area contributed by atoms with E-state index < -0.39 is 23.6 Å². The summed E-state index contributed by atoms with van der Waals surface area (Å²) in [6.07, 6.45) is 0.100. The average Bonchev–Trinajstić information content (AvgIpc) is 2.61. The van der Waals surface area contributed by atoms with Crippen molar-refractivity contribution in [3.05, 3.63) is 34.3 Å². The Kier molecular flexibility index (Phi) is 2.45. The highest BCUT2D eigenvalue weighted by atomic mass is 19.4. The van der Waals surface area contributed by atoms with E-state index in [4.69, 9.17) is 0 Å². The zero-order valence-corrected chi connectivity index (χ0v) is 8.03. The van der Waals surface area contributed by atoms with Crippen LogP contribution in [0.25, 0.3) is 0 Å². The number of dihydropyridines is 1. The molecule has 0 saturated heterocycles. The Hall–Kier alpha value is -1.79. The Balaban J connectivity index is 2.36. The van der Waals surface area contributed by atoms with Crippen LogP contribution in [-0.4, -0.2) is 16.0 Å². The number of rotatable bonds is 1. The number of hydrogen-bond acceptors (Lipinski definition) is 2. The zero-order valence-electron chi connectivity index (χ0n) is 8.03. The smallest absolute Gasteiger partial charge is 0.289 e. The van der Waals surface area contributed by atoms with E-state index in [-0.39, 0.29) is 0 Å². The fourth-order valence-corrected chi connectivity index (χ4v) is 1.42. The van der Waals surface area contributed by atoms with Crippen molar-refractivity contribution < 1.29 is 13.2 Å². The van der Waals surface area contributed by atoms with Gasteiger partial charge in [0.15, 0.2) is 0 Å². The van der Waals surface area contributed by atoms with Crippen molar-refractivity contribution in [1.29, 1.82) is 0 Å². The molecule has 16 heavy (non-hydrogen) atoms. The summed E-state index contributed by atoms with van der Waals surface area (Å²) in [5, 5.41) is 2.02. The highest BCUT2D eigenvalue weighted by Crippen LogP contribution is 2.27. The maximum absolute atomic E-state index is 12.3. The van der Waals surface area contributed by atoms with Crippen LogP contribution in [0.4, 0.5) is 13.2 Å². The minimum Gasteiger partial charge on any atom is -0.289 e. The number of alkyl halides is 3. The van der Waals surface area contributed by atoms with Crippen LogP contribution < -0.4 is 5.56 Å². The molecule has 0 saturated carbocycles. The molecular formula is C9H8F3N3O. The molecule has 1 atom stereocenters. The minimum absolute atomic E-state index is 0.397. The third-order valence-corrected chi connectivity index (χ3v) is 2.18. The maximum atomic E-state index is 12.3. The first-order valence-electron chi connectivity index (χ1n) is 4.55. The molecule has 2 heterocycles. The second-order valence-electron chi connectivity index (χ2n) is 3.32. The molecule has 86 valence electrons. The number of nitrogens with zero attached hydrogens (tertiary/aromatic N) is 2. The van der Waals surface area contributed by atoms with Gasteiger partial charge in [-0.05, 0) is 6.08 Å². The highest BCUT2D eigenvalue weighted by Gasteiger charge is 2.34. The van der Waals surface area contributed by atoms with Gasteiger partial charge in [-0.25, -0.2) is 4.68 Å². The van der Waals surface area contributed by atoms with E-state index in [1.165, 1.54) is 6.21 Å². The number of H-pyrrole nitrogens is 1. The molecule has 1 aliphatic heterocycles. The van der Waals surface area contributed by atoms with Crippen LogP contribution in [0.5, 0.6) is 0 Å². The number of aliphatic imine (C=N–C) groups is 1. The Labute approximate surface area is 88.1 Å². The van der Waals surface area contributed by atoms with Gasteiger partial charge in [-0.3, -0.25) is 14.9 Å². The van der Waals surface area contributed by atoms with Crippen LogP contribution in [0.1, 0.15) is 18.3 Å². The molecule has 0 fully saturated rings. The summed E-state index contributed by atoms with van der Waals surface area (Å²) >= 11 is 0. The van der Waals surface area contributed by atoms with E-state index in [0.29, 0.717) is 12.5 Å². The topological polar surface area (TPSA) is 50.1 Å². The quantitative estimate of drug-likeness (QED) is 0.786. The highest BCUT2D eigenvalue weighted by molar-refractivity contribution is 5.71. The third-order valence-electron chi connectivity index (χ3n) is 2.18. The van der Waals surface area contributed by atoms with E-state index in [1.807, 2.05) is 5.10 Å². The van der Waals surface area contributed by atoms with Gasteiger partial charge in [0.25, 0.3) is 5.56 Å². The fourth-order valence-electron chi connectivity index (χ4n) is 1.42. The lowest BCUT2D eigenvalue weighted by Crippen LogP contribution is -2.21. The molecular weight excluding hydrogens is 223 g/mol. The number of hydrogen-bond donors (Lipinski definition) is 1. The van der Waals surface area contributed by atoms with Crippen LogP contribution in [0.3, 0.4) is 0 Å². The first-order valence-corrected chi connectivity index (χ1v) is 4.55. The van der Waals surface area contributed by atoms with E-state index in [2.05, 4.69) is 4.99 Å². The van der Waals surface area contributed by atoms with Gasteiger partial charge in [-0.2, -0.15) is 13.2 Å². The second kappa shape index (κ2) is 3.66. The van der Waals surface area contributed by atoms with Gasteiger partial charge in [-0.1, -0.05) is 6.08 Å². The molecule has 0 aliphatic carbocycles. The molecule has 1 aromatic rings. The van der Waals surface area contributed by atoms with Gasteiger partial charge in [0.2, 0.25) is 0 Å². The molecule has 0 radical (unpaired) electrons. The summed E-state index contributed by atoms with van der Waals surface area (Å²) < 4.78 is 37.8. The van der Waals surface area contributed by atoms with Crippen LogP contribution in [0.15, 0.2) is 28.0 Å². The van der Waals surface area contributed by atoms with Crippen LogP contribution in [0.2, 0.25) is 0 Å². The Bertz CT molecular complexity index is 495. The van der Waals surface area contributed by atoms with Gasteiger partial charge in [0.05, 0.1) is 0 Å².